The van der Waals surface area contributed by atoms with E-state index in [0.29, 0.717) is 11.4 Å². The third-order valence-electron chi connectivity index (χ3n) is 2.74. The summed E-state index contributed by atoms with van der Waals surface area (Å²) >= 11 is 0. The largest absolute Gasteiger partial charge is 0.481 e. The van der Waals surface area contributed by atoms with E-state index >= 15 is 0 Å². The maximum atomic E-state index is 13.2. The van der Waals surface area contributed by atoms with Crippen LogP contribution in [0.25, 0.3) is 11.4 Å². The van der Waals surface area contributed by atoms with E-state index in [1.165, 1.54) is 16.8 Å². The van der Waals surface area contributed by atoms with Crippen molar-refractivity contribution >= 4 is 5.97 Å². The third kappa shape index (κ3) is 2.75. The average Bonchev–Trinajstić information content (AvgIpc) is 2.76. The monoisotopic (exact) mass is 264 g/mol. The van der Waals surface area contributed by atoms with Gasteiger partial charge in [-0.1, -0.05) is 12.1 Å². The molecule has 0 atom stereocenters. The highest BCUT2D eigenvalue weighted by Crippen LogP contribution is 2.22. The summed E-state index contributed by atoms with van der Waals surface area (Å²) in [7, 11) is 0. The fraction of sp³-hybridized carbons (Fsp3) is 0.333. The number of aromatic nitrogens is 4. The standard InChI is InChI=1S/C12H13FN4O2/c1-12(2,11(18)19)7-17-10(14-15-16-17)8-4-3-5-9(13)6-8/h3-6H,7H2,1-2H3,(H,18,19). The molecule has 0 saturated carbocycles. The Kier molecular flexibility index (Phi) is 3.28. The molecule has 1 aromatic carbocycles. The molecule has 19 heavy (non-hydrogen) atoms. The molecular formula is C12H13FN4O2. The van der Waals surface area contributed by atoms with Gasteiger partial charge in [-0.2, -0.15) is 0 Å². The first-order valence-electron chi connectivity index (χ1n) is 5.66. The number of carboxylic acids is 1. The molecule has 0 unspecified atom stereocenters. The van der Waals surface area contributed by atoms with Gasteiger partial charge >= 0.3 is 5.97 Å². The minimum Gasteiger partial charge on any atom is -0.481 e. The molecule has 1 heterocycles. The highest BCUT2D eigenvalue weighted by molar-refractivity contribution is 5.73. The molecule has 100 valence electrons. The van der Waals surface area contributed by atoms with Gasteiger partial charge in [0.05, 0.1) is 12.0 Å². The summed E-state index contributed by atoms with van der Waals surface area (Å²) in [5, 5.41) is 20.2. The minimum absolute atomic E-state index is 0.0984. The van der Waals surface area contributed by atoms with Crippen molar-refractivity contribution in [1.29, 1.82) is 0 Å². The zero-order valence-electron chi connectivity index (χ0n) is 10.5. The van der Waals surface area contributed by atoms with E-state index in [1.54, 1.807) is 26.0 Å². The van der Waals surface area contributed by atoms with Crippen LogP contribution in [-0.2, 0) is 11.3 Å². The van der Waals surface area contributed by atoms with Crippen LogP contribution in [0, 0.1) is 11.2 Å². The summed E-state index contributed by atoms with van der Waals surface area (Å²) < 4.78 is 14.5. The number of aliphatic carboxylic acids is 1. The highest BCUT2D eigenvalue weighted by Gasteiger charge is 2.29. The predicted molar refractivity (Wildman–Crippen MR) is 64.6 cm³/mol. The van der Waals surface area contributed by atoms with Gasteiger partial charge < -0.3 is 5.11 Å². The lowest BCUT2D eigenvalue weighted by Crippen LogP contribution is -2.30. The molecule has 1 N–H and O–H groups in total. The first-order chi connectivity index (χ1) is 8.90. The summed E-state index contributed by atoms with van der Waals surface area (Å²) in [6, 6.07) is 5.83. The molecule has 0 aliphatic carbocycles. The van der Waals surface area contributed by atoms with E-state index in [4.69, 9.17) is 5.11 Å². The van der Waals surface area contributed by atoms with Crippen molar-refractivity contribution in [3.8, 4) is 11.4 Å². The van der Waals surface area contributed by atoms with Crippen molar-refractivity contribution < 1.29 is 14.3 Å². The van der Waals surface area contributed by atoms with E-state index in [0.717, 1.165) is 0 Å². The van der Waals surface area contributed by atoms with Gasteiger partial charge in [-0.15, -0.1) is 5.10 Å². The number of benzene rings is 1. The molecule has 0 spiro atoms. The van der Waals surface area contributed by atoms with E-state index < -0.39 is 17.2 Å². The molecule has 0 radical (unpaired) electrons. The Morgan fingerprint density at radius 3 is 2.84 bits per heavy atom. The summed E-state index contributed by atoms with van der Waals surface area (Å²) in [6.45, 7) is 3.25. The van der Waals surface area contributed by atoms with Crippen LogP contribution in [0.3, 0.4) is 0 Å². The molecule has 0 saturated heterocycles. The number of nitrogens with zero attached hydrogens (tertiary/aromatic N) is 4. The molecule has 0 aliphatic rings. The van der Waals surface area contributed by atoms with Crippen LogP contribution in [0.4, 0.5) is 4.39 Å². The fourth-order valence-corrected chi connectivity index (χ4v) is 1.59. The number of hydrogen-bond acceptors (Lipinski definition) is 4. The molecule has 0 aliphatic heterocycles. The fourth-order valence-electron chi connectivity index (χ4n) is 1.59. The summed E-state index contributed by atoms with van der Waals surface area (Å²) in [5.74, 6) is -1.01. The van der Waals surface area contributed by atoms with E-state index in [9.17, 15) is 9.18 Å². The van der Waals surface area contributed by atoms with Gasteiger partial charge in [0.1, 0.15) is 5.82 Å². The van der Waals surface area contributed by atoms with Gasteiger partial charge in [0.2, 0.25) is 0 Å². The van der Waals surface area contributed by atoms with Gasteiger partial charge in [-0.3, -0.25) is 4.79 Å². The maximum Gasteiger partial charge on any atom is 0.310 e. The number of carboxylic acid groups (broad SMARTS) is 1. The summed E-state index contributed by atoms with van der Waals surface area (Å²) in [4.78, 5) is 11.1. The second kappa shape index (κ2) is 4.75. The molecule has 0 amide bonds. The predicted octanol–water partition coefficient (Wildman–Crippen LogP) is 1.59. The first-order valence-corrected chi connectivity index (χ1v) is 5.66. The SMILES string of the molecule is CC(C)(Cn1nnnc1-c1cccc(F)c1)C(=O)O. The van der Waals surface area contributed by atoms with Crippen LogP contribution in [0.5, 0.6) is 0 Å². The van der Waals surface area contributed by atoms with Gasteiger partial charge in [0, 0.05) is 5.56 Å². The molecule has 2 aromatic rings. The van der Waals surface area contributed by atoms with Crippen molar-refractivity contribution in [2.45, 2.75) is 20.4 Å². The number of hydrogen-bond donors (Lipinski definition) is 1. The molecule has 0 fully saturated rings. The lowest BCUT2D eigenvalue weighted by molar-refractivity contribution is -0.147. The van der Waals surface area contributed by atoms with Crippen molar-refractivity contribution in [1.82, 2.24) is 20.2 Å². The number of carbonyl (C=O) groups is 1. The Balaban J connectivity index is 2.36. The first kappa shape index (κ1) is 13.1. The van der Waals surface area contributed by atoms with E-state index in [-0.39, 0.29) is 6.54 Å². The average molecular weight is 264 g/mol. The smallest absolute Gasteiger partial charge is 0.310 e. The second-order valence-corrected chi connectivity index (χ2v) is 4.86. The van der Waals surface area contributed by atoms with Crippen LogP contribution in [-0.4, -0.2) is 31.3 Å². The Morgan fingerprint density at radius 2 is 2.21 bits per heavy atom. The van der Waals surface area contributed by atoms with Crippen LogP contribution in [0.2, 0.25) is 0 Å². The lowest BCUT2D eigenvalue weighted by Gasteiger charge is -2.19. The normalized spacial score (nSPS) is 11.5. The Bertz CT molecular complexity index is 609. The zero-order valence-corrected chi connectivity index (χ0v) is 10.5. The van der Waals surface area contributed by atoms with Crippen molar-refractivity contribution in [3.05, 3.63) is 30.1 Å². The molecule has 1 aromatic heterocycles. The minimum atomic E-state index is -1.02. The Hall–Kier alpha value is -2.31. The maximum absolute atomic E-state index is 13.2. The third-order valence-corrected chi connectivity index (χ3v) is 2.74. The Labute approximate surface area is 108 Å². The van der Waals surface area contributed by atoms with Gasteiger partial charge in [0.15, 0.2) is 5.82 Å². The number of halogens is 1. The van der Waals surface area contributed by atoms with Crippen LogP contribution in [0.1, 0.15) is 13.8 Å². The highest BCUT2D eigenvalue weighted by atomic mass is 19.1. The van der Waals surface area contributed by atoms with Crippen LogP contribution >= 0.6 is 0 Å². The number of tetrazole rings is 1. The summed E-state index contributed by atoms with van der Waals surface area (Å²) in [5.41, 5.74) is -0.511. The molecule has 6 nitrogen and oxygen atoms in total. The van der Waals surface area contributed by atoms with Gasteiger partial charge in [-0.25, -0.2) is 9.07 Å². The molecular weight excluding hydrogens is 251 g/mol. The Morgan fingerprint density at radius 1 is 1.47 bits per heavy atom. The van der Waals surface area contributed by atoms with E-state index in [2.05, 4.69) is 15.5 Å². The molecule has 0 bridgehead atoms. The number of rotatable bonds is 4. The quantitative estimate of drug-likeness (QED) is 0.906. The summed E-state index contributed by atoms with van der Waals surface area (Å²) in [6.07, 6.45) is 0. The molecule has 7 heteroatoms. The molecule has 2 rings (SSSR count). The zero-order chi connectivity index (χ0) is 14.0. The topological polar surface area (TPSA) is 80.9 Å². The van der Waals surface area contributed by atoms with Crippen LogP contribution in [0.15, 0.2) is 24.3 Å². The van der Waals surface area contributed by atoms with E-state index in [1.807, 2.05) is 0 Å². The van der Waals surface area contributed by atoms with Crippen molar-refractivity contribution in [2.75, 3.05) is 0 Å². The van der Waals surface area contributed by atoms with Crippen molar-refractivity contribution in [2.24, 2.45) is 5.41 Å². The van der Waals surface area contributed by atoms with Crippen LogP contribution < -0.4 is 0 Å². The van der Waals surface area contributed by atoms with Crippen molar-refractivity contribution in [3.63, 3.8) is 0 Å². The lowest BCUT2D eigenvalue weighted by atomic mass is 9.94. The van der Waals surface area contributed by atoms with Gasteiger partial charge in [0.25, 0.3) is 0 Å². The van der Waals surface area contributed by atoms with Gasteiger partial charge in [-0.05, 0) is 36.4 Å². The second-order valence-electron chi connectivity index (χ2n) is 4.86.